The van der Waals surface area contributed by atoms with E-state index in [2.05, 4.69) is 4.98 Å². The van der Waals surface area contributed by atoms with E-state index in [0.717, 1.165) is 16.5 Å². The van der Waals surface area contributed by atoms with Gasteiger partial charge in [-0.05, 0) is 48.0 Å². The summed E-state index contributed by atoms with van der Waals surface area (Å²) in [7, 11) is 0. The number of ketones is 1. The lowest BCUT2D eigenvalue weighted by atomic mass is 10.1. The van der Waals surface area contributed by atoms with Crippen molar-refractivity contribution in [3.8, 4) is 0 Å². The molecule has 3 N–H and O–H groups in total. The predicted molar refractivity (Wildman–Crippen MR) is 82.5 cm³/mol. The first kappa shape index (κ1) is 12.2. The van der Waals surface area contributed by atoms with Crippen molar-refractivity contribution in [1.29, 1.82) is 0 Å². The molecule has 20 heavy (non-hydrogen) atoms. The molecule has 0 saturated carbocycles. The molecule has 0 bridgehead atoms. The second kappa shape index (κ2) is 5.05. The Morgan fingerprint density at radius 2 is 1.80 bits per heavy atom. The van der Waals surface area contributed by atoms with E-state index in [0.29, 0.717) is 11.3 Å². The van der Waals surface area contributed by atoms with E-state index in [9.17, 15) is 4.79 Å². The number of para-hydroxylation sites is 1. The monoisotopic (exact) mass is 262 g/mol. The van der Waals surface area contributed by atoms with Gasteiger partial charge in [-0.1, -0.05) is 18.2 Å². The molecule has 0 amide bonds. The fourth-order valence-electron chi connectivity index (χ4n) is 2.14. The number of aromatic amines is 1. The molecule has 0 radical (unpaired) electrons. The van der Waals surface area contributed by atoms with Gasteiger partial charge >= 0.3 is 0 Å². The molecular formula is C17H14N2O. The minimum Gasteiger partial charge on any atom is -0.399 e. The van der Waals surface area contributed by atoms with Gasteiger partial charge in [-0.15, -0.1) is 0 Å². The van der Waals surface area contributed by atoms with Gasteiger partial charge in [0.15, 0.2) is 5.78 Å². The van der Waals surface area contributed by atoms with Crippen LogP contribution in [-0.4, -0.2) is 10.8 Å². The number of benzene rings is 2. The molecule has 1 aromatic heterocycles. The van der Waals surface area contributed by atoms with Gasteiger partial charge in [-0.3, -0.25) is 4.79 Å². The molecule has 2 aromatic carbocycles. The highest BCUT2D eigenvalue weighted by atomic mass is 16.1. The SMILES string of the molecule is Nc1ccc(C(=O)C=Cc2c[nH]c3ccccc23)cc1. The molecule has 0 aliphatic rings. The molecule has 3 nitrogen and oxygen atoms in total. The normalized spacial score (nSPS) is 11.2. The number of carbonyl (C=O) groups is 1. The Morgan fingerprint density at radius 3 is 2.60 bits per heavy atom. The number of hydrogen-bond donors (Lipinski definition) is 2. The number of hydrogen-bond acceptors (Lipinski definition) is 2. The molecule has 0 saturated heterocycles. The number of nitrogens with two attached hydrogens (primary N) is 1. The van der Waals surface area contributed by atoms with E-state index < -0.39 is 0 Å². The standard InChI is InChI=1S/C17H14N2O/c18-14-8-5-12(6-9-14)17(20)10-7-13-11-19-16-4-2-1-3-15(13)16/h1-11,19H,18H2. The number of nitrogen functional groups attached to an aromatic ring is 1. The summed E-state index contributed by atoms with van der Waals surface area (Å²) in [6.07, 6.45) is 5.32. The molecule has 0 aliphatic carbocycles. The van der Waals surface area contributed by atoms with Crippen molar-refractivity contribution in [2.45, 2.75) is 0 Å². The van der Waals surface area contributed by atoms with E-state index in [-0.39, 0.29) is 5.78 Å². The third-order valence-corrected chi connectivity index (χ3v) is 3.23. The molecule has 0 fully saturated rings. The summed E-state index contributed by atoms with van der Waals surface area (Å²) in [5, 5.41) is 1.11. The van der Waals surface area contributed by atoms with Gasteiger partial charge in [0.1, 0.15) is 0 Å². The highest BCUT2D eigenvalue weighted by Gasteiger charge is 2.03. The maximum absolute atomic E-state index is 12.0. The summed E-state index contributed by atoms with van der Waals surface area (Å²) < 4.78 is 0. The molecule has 3 aromatic rings. The van der Waals surface area contributed by atoms with Crippen LogP contribution < -0.4 is 5.73 Å². The number of carbonyl (C=O) groups excluding carboxylic acids is 1. The molecule has 0 spiro atoms. The van der Waals surface area contributed by atoms with Crippen LogP contribution in [0.1, 0.15) is 15.9 Å². The van der Waals surface area contributed by atoms with Crippen LogP contribution >= 0.6 is 0 Å². The molecule has 1 heterocycles. The summed E-state index contributed by atoms with van der Waals surface area (Å²) in [4.78, 5) is 15.2. The van der Waals surface area contributed by atoms with Crippen LogP contribution in [0.5, 0.6) is 0 Å². The summed E-state index contributed by atoms with van der Waals surface area (Å²) in [6, 6.07) is 14.9. The van der Waals surface area contributed by atoms with E-state index in [1.165, 1.54) is 0 Å². The van der Waals surface area contributed by atoms with Gasteiger partial charge < -0.3 is 10.7 Å². The summed E-state index contributed by atoms with van der Waals surface area (Å²) in [6.45, 7) is 0. The zero-order valence-corrected chi connectivity index (χ0v) is 10.8. The molecule has 0 atom stereocenters. The summed E-state index contributed by atoms with van der Waals surface area (Å²) in [5.74, 6) is -0.0321. The van der Waals surface area contributed by atoms with Crippen molar-refractivity contribution in [3.63, 3.8) is 0 Å². The number of H-pyrrole nitrogens is 1. The van der Waals surface area contributed by atoms with Crippen LogP contribution in [0.2, 0.25) is 0 Å². The van der Waals surface area contributed by atoms with Gasteiger partial charge in [0.05, 0.1) is 0 Å². The molecule has 0 aliphatic heterocycles. The van der Waals surface area contributed by atoms with E-state index in [1.807, 2.05) is 36.5 Å². The number of fused-ring (bicyclic) bond motifs is 1. The summed E-state index contributed by atoms with van der Waals surface area (Å²) in [5.41, 5.74) is 8.96. The first-order chi connectivity index (χ1) is 9.74. The Hall–Kier alpha value is -2.81. The topological polar surface area (TPSA) is 58.9 Å². The quantitative estimate of drug-likeness (QED) is 0.430. The zero-order chi connectivity index (χ0) is 13.9. The lowest BCUT2D eigenvalue weighted by Gasteiger charge is -1.96. The van der Waals surface area contributed by atoms with Crippen molar-refractivity contribution in [2.75, 3.05) is 5.73 Å². The number of nitrogens with one attached hydrogen (secondary N) is 1. The Balaban J connectivity index is 1.87. The lowest BCUT2D eigenvalue weighted by Crippen LogP contribution is -1.94. The second-order valence-corrected chi connectivity index (χ2v) is 4.61. The molecule has 98 valence electrons. The largest absolute Gasteiger partial charge is 0.399 e. The Morgan fingerprint density at radius 1 is 1.05 bits per heavy atom. The Bertz CT molecular complexity index is 782. The van der Waals surface area contributed by atoms with Gasteiger partial charge in [0.25, 0.3) is 0 Å². The van der Waals surface area contributed by atoms with Crippen LogP contribution in [0.3, 0.4) is 0 Å². The first-order valence-electron chi connectivity index (χ1n) is 6.38. The highest BCUT2D eigenvalue weighted by molar-refractivity contribution is 6.07. The van der Waals surface area contributed by atoms with Crippen molar-refractivity contribution in [1.82, 2.24) is 4.98 Å². The van der Waals surface area contributed by atoms with Gasteiger partial charge in [-0.25, -0.2) is 0 Å². The molecule has 3 heteroatoms. The number of allylic oxidation sites excluding steroid dienone is 1. The third-order valence-electron chi connectivity index (χ3n) is 3.23. The number of aromatic nitrogens is 1. The maximum Gasteiger partial charge on any atom is 0.185 e. The lowest BCUT2D eigenvalue weighted by molar-refractivity contribution is 0.104. The zero-order valence-electron chi connectivity index (χ0n) is 10.8. The van der Waals surface area contributed by atoms with Crippen LogP contribution in [0, 0.1) is 0 Å². The third kappa shape index (κ3) is 2.34. The van der Waals surface area contributed by atoms with Gasteiger partial charge in [0, 0.05) is 28.4 Å². The molecule has 3 rings (SSSR count). The summed E-state index contributed by atoms with van der Waals surface area (Å²) >= 11 is 0. The Kier molecular flexibility index (Phi) is 3.09. The minimum atomic E-state index is -0.0321. The van der Waals surface area contributed by atoms with Gasteiger partial charge in [-0.2, -0.15) is 0 Å². The van der Waals surface area contributed by atoms with Crippen molar-refractivity contribution < 1.29 is 4.79 Å². The van der Waals surface area contributed by atoms with Crippen molar-refractivity contribution >= 4 is 28.4 Å². The van der Waals surface area contributed by atoms with E-state index >= 15 is 0 Å². The fourth-order valence-corrected chi connectivity index (χ4v) is 2.14. The predicted octanol–water partition coefficient (Wildman–Crippen LogP) is 3.65. The number of anilines is 1. The van der Waals surface area contributed by atoms with Crippen molar-refractivity contribution in [2.24, 2.45) is 0 Å². The smallest absolute Gasteiger partial charge is 0.185 e. The minimum absolute atomic E-state index is 0.0321. The van der Waals surface area contributed by atoms with Crippen LogP contribution in [0.4, 0.5) is 5.69 Å². The van der Waals surface area contributed by atoms with Crippen LogP contribution in [0.15, 0.2) is 60.8 Å². The van der Waals surface area contributed by atoms with Gasteiger partial charge in [0.2, 0.25) is 0 Å². The van der Waals surface area contributed by atoms with Crippen molar-refractivity contribution in [3.05, 3.63) is 71.9 Å². The van der Waals surface area contributed by atoms with E-state index in [1.54, 1.807) is 30.3 Å². The van der Waals surface area contributed by atoms with Crippen LogP contribution in [0.25, 0.3) is 17.0 Å². The maximum atomic E-state index is 12.0. The Labute approximate surface area is 116 Å². The second-order valence-electron chi connectivity index (χ2n) is 4.61. The van der Waals surface area contributed by atoms with Crippen LogP contribution in [-0.2, 0) is 0 Å². The average Bonchev–Trinajstić information content (AvgIpc) is 2.89. The first-order valence-corrected chi connectivity index (χ1v) is 6.38. The molecule has 0 unspecified atom stereocenters. The van der Waals surface area contributed by atoms with E-state index in [4.69, 9.17) is 5.73 Å². The average molecular weight is 262 g/mol. The molecular weight excluding hydrogens is 248 g/mol. The highest BCUT2D eigenvalue weighted by Crippen LogP contribution is 2.19. The fraction of sp³-hybridized carbons (Fsp3) is 0. The number of rotatable bonds is 3.